The van der Waals surface area contributed by atoms with E-state index in [4.69, 9.17) is 4.74 Å². The molecule has 0 aromatic carbocycles. The monoisotopic (exact) mass is 261 g/mol. The summed E-state index contributed by atoms with van der Waals surface area (Å²) in [4.78, 5) is 0. The summed E-state index contributed by atoms with van der Waals surface area (Å²) in [6.45, 7) is 7.05. The molecule has 1 aliphatic rings. The molecule has 3 nitrogen and oxygen atoms in total. The van der Waals surface area contributed by atoms with E-state index in [1.54, 1.807) is 0 Å². The molecule has 1 saturated heterocycles. The first-order chi connectivity index (χ1) is 8.27. The fraction of sp³-hybridized carbons (Fsp3) is 1.00. The van der Waals surface area contributed by atoms with E-state index in [1.165, 1.54) is 0 Å². The molecule has 3 unspecified atom stereocenters. The van der Waals surface area contributed by atoms with Crippen LogP contribution in [0.25, 0.3) is 0 Å². The van der Waals surface area contributed by atoms with E-state index < -0.39 is 10.8 Å². The summed E-state index contributed by atoms with van der Waals surface area (Å²) in [6.07, 6.45) is 4.46. The topological polar surface area (TPSA) is 38.3 Å². The van der Waals surface area contributed by atoms with Crippen LogP contribution >= 0.6 is 0 Å². The Morgan fingerprint density at radius 3 is 2.82 bits per heavy atom. The molecule has 0 aromatic rings. The number of hydrogen-bond donors (Lipinski definition) is 1. The number of rotatable bonds is 9. The molecule has 1 rings (SSSR count). The average Bonchev–Trinajstić information content (AvgIpc) is 2.85. The summed E-state index contributed by atoms with van der Waals surface area (Å²) in [5, 5.41) is 3.55. The van der Waals surface area contributed by atoms with Gasteiger partial charge in [-0.15, -0.1) is 0 Å². The summed E-state index contributed by atoms with van der Waals surface area (Å²) in [7, 11) is -0.668. The van der Waals surface area contributed by atoms with Crippen molar-refractivity contribution in [2.45, 2.75) is 45.6 Å². The fourth-order valence-electron chi connectivity index (χ4n) is 2.15. The molecular formula is C13H27NO2S. The fourth-order valence-corrected chi connectivity index (χ4v) is 3.72. The van der Waals surface area contributed by atoms with Gasteiger partial charge < -0.3 is 10.1 Å². The number of ether oxygens (including phenoxy) is 1. The second-order valence-electron chi connectivity index (χ2n) is 4.85. The average molecular weight is 261 g/mol. The maximum atomic E-state index is 12.0. The molecule has 1 heterocycles. The minimum absolute atomic E-state index is 0.384. The molecule has 4 heteroatoms. The third-order valence-electron chi connectivity index (χ3n) is 3.28. The lowest BCUT2D eigenvalue weighted by Crippen LogP contribution is -2.41. The zero-order chi connectivity index (χ0) is 12.5. The quantitative estimate of drug-likeness (QED) is 0.689. The number of nitrogens with one attached hydrogen (secondary N) is 1. The summed E-state index contributed by atoms with van der Waals surface area (Å²) < 4.78 is 17.4. The normalized spacial score (nSPS) is 23.8. The first-order valence-corrected chi connectivity index (χ1v) is 8.42. The Morgan fingerprint density at radius 2 is 2.24 bits per heavy atom. The highest BCUT2D eigenvalue weighted by Gasteiger charge is 2.26. The van der Waals surface area contributed by atoms with Crippen LogP contribution in [0, 0.1) is 5.92 Å². The SMILES string of the molecule is CCCCS(=O)CC(NCCC)C1CCOC1. The molecule has 102 valence electrons. The van der Waals surface area contributed by atoms with Crippen LogP contribution in [0.15, 0.2) is 0 Å². The zero-order valence-electron chi connectivity index (χ0n) is 11.2. The predicted molar refractivity (Wildman–Crippen MR) is 73.8 cm³/mol. The second-order valence-corrected chi connectivity index (χ2v) is 6.47. The van der Waals surface area contributed by atoms with Gasteiger partial charge in [-0.2, -0.15) is 0 Å². The molecule has 1 aliphatic heterocycles. The van der Waals surface area contributed by atoms with E-state index in [2.05, 4.69) is 19.2 Å². The van der Waals surface area contributed by atoms with Crippen LogP contribution in [0.3, 0.4) is 0 Å². The summed E-state index contributed by atoms with van der Waals surface area (Å²) >= 11 is 0. The lowest BCUT2D eigenvalue weighted by Gasteiger charge is -2.23. The highest BCUT2D eigenvalue weighted by Crippen LogP contribution is 2.18. The Hall–Kier alpha value is 0.0700. The van der Waals surface area contributed by atoms with Crippen molar-refractivity contribution in [1.82, 2.24) is 5.32 Å². The van der Waals surface area contributed by atoms with Gasteiger partial charge in [0, 0.05) is 40.9 Å². The maximum Gasteiger partial charge on any atom is 0.0510 e. The molecule has 1 N–H and O–H groups in total. The van der Waals surface area contributed by atoms with Crippen LogP contribution in [0.1, 0.15) is 39.5 Å². The second kappa shape index (κ2) is 9.06. The van der Waals surface area contributed by atoms with Crippen molar-refractivity contribution in [3.05, 3.63) is 0 Å². The Kier molecular flexibility index (Phi) is 8.06. The molecule has 0 aliphatic carbocycles. The molecule has 0 amide bonds. The number of unbranched alkanes of at least 4 members (excludes halogenated alkanes) is 1. The molecule has 0 radical (unpaired) electrons. The van der Waals surface area contributed by atoms with Gasteiger partial charge in [0.15, 0.2) is 0 Å². The molecular weight excluding hydrogens is 234 g/mol. The zero-order valence-corrected chi connectivity index (χ0v) is 12.1. The van der Waals surface area contributed by atoms with Gasteiger partial charge in [0.1, 0.15) is 0 Å². The van der Waals surface area contributed by atoms with Gasteiger partial charge in [-0.25, -0.2) is 0 Å². The van der Waals surface area contributed by atoms with E-state index in [1.807, 2.05) is 0 Å². The Morgan fingerprint density at radius 1 is 1.41 bits per heavy atom. The first-order valence-electron chi connectivity index (χ1n) is 6.94. The highest BCUT2D eigenvalue weighted by molar-refractivity contribution is 7.85. The van der Waals surface area contributed by atoms with Gasteiger partial charge in [-0.3, -0.25) is 4.21 Å². The molecule has 3 atom stereocenters. The molecule has 1 fully saturated rings. The van der Waals surface area contributed by atoms with Crippen molar-refractivity contribution < 1.29 is 8.95 Å². The van der Waals surface area contributed by atoms with Crippen molar-refractivity contribution in [3.63, 3.8) is 0 Å². The minimum atomic E-state index is -0.668. The van der Waals surface area contributed by atoms with Crippen LogP contribution in [0.5, 0.6) is 0 Å². The van der Waals surface area contributed by atoms with Crippen molar-refractivity contribution in [1.29, 1.82) is 0 Å². The van der Waals surface area contributed by atoms with Gasteiger partial charge in [0.05, 0.1) is 6.61 Å². The summed E-state index contributed by atoms with van der Waals surface area (Å²) in [6, 6.07) is 0.384. The van der Waals surface area contributed by atoms with Crippen molar-refractivity contribution in [3.8, 4) is 0 Å². The van der Waals surface area contributed by atoms with Crippen LogP contribution in [-0.2, 0) is 15.5 Å². The lowest BCUT2D eigenvalue weighted by atomic mass is 10.0. The van der Waals surface area contributed by atoms with Crippen LogP contribution in [0.2, 0.25) is 0 Å². The van der Waals surface area contributed by atoms with Crippen LogP contribution < -0.4 is 5.32 Å². The summed E-state index contributed by atoms with van der Waals surface area (Å²) in [5.41, 5.74) is 0. The van der Waals surface area contributed by atoms with Gasteiger partial charge >= 0.3 is 0 Å². The maximum absolute atomic E-state index is 12.0. The molecule has 17 heavy (non-hydrogen) atoms. The van der Waals surface area contributed by atoms with E-state index in [0.29, 0.717) is 12.0 Å². The third kappa shape index (κ3) is 5.98. The van der Waals surface area contributed by atoms with E-state index >= 15 is 0 Å². The lowest BCUT2D eigenvalue weighted by molar-refractivity contribution is 0.179. The largest absolute Gasteiger partial charge is 0.381 e. The van der Waals surface area contributed by atoms with Crippen molar-refractivity contribution in [2.75, 3.05) is 31.3 Å². The smallest absolute Gasteiger partial charge is 0.0510 e. The molecule has 0 saturated carbocycles. The van der Waals surface area contributed by atoms with Gasteiger partial charge in [0.25, 0.3) is 0 Å². The first kappa shape index (κ1) is 15.1. The van der Waals surface area contributed by atoms with Crippen LogP contribution in [0.4, 0.5) is 0 Å². The third-order valence-corrected chi connectivity index (χ3v) is 4.76. The highest BCUT2D eigenvalue weighted by atomic mass is 32.2. The minimum Gasteiger partial charge on any atom is -0.381 e. The molecule has 0 aromatic heterocycles. The van der Waals surface area contributed by atoms with Gasteiger partial charge in [-0.1, -0.05) is 20.3 Å². The van der Waals surface area contributed by atoms with Gasteiger partial charge in [0.2, 0.25) is 0 Å². The van der Waals surface area contributed by atoms with Crippen molar-refractivity contribution in [2.24, 2.45) is 5.92 Å². The molecule has 0 spiro atoms. The Bertz CT molecular complexity index is 217. The standard InChI is InChI=1S/C13H27NO2S/c1-3-5-9-17(15)11-13(14-7-4-2)12-6-8-16-10-12/h12-14H,3-11H2,1-2H3. The number of hydrogen-bond acceptors (Lipinski definition) is 3. The predicted octanol–water partition coefficient (Wildman–Crippen LogP) is 1.94. The van der Waals surface area contributed by atoms with Crippen molar-refractivity contribution >= 4 is 10.8 Å². The van der Waals surface area contributed by atoms with E-state index in [-0.39, 0.29) is 0 Å². The summed E-state index contributed by atoms with van der Waals surface area (Å²) in [5.74, 6) is 2.22. The van der Waals surface area contributed by atoms with E-state index in [9.17, 15) is 4.21 Å². The Labute approximate surface area is 108 Å². The van der Waals surface area contributed by atoms with Crippen LogP contribution in [-0.4, -0.2) is 41.5 Å². The van der Waals surface area contributed by atoms with Gasteiger partial charge in [-0.05, 0) is 25.8 Å². The molecule has 0 bridgehead atoms. The van der Waals surface area contributed by atoms with E-state index in [0.717, 1.165) is 56.9 Å². The Balaban J connectivity index is 2.36.